The van der Waals surface area contributed by atoms with Gasteiger partial charge < -0.3 is 57.0 Å². The first-order valence-electron chi connectivity index (χ1n) is 25.0. The van der Waals surface area contributed by atoms with Crippen LogP contribution in [0.25, 0.3) is 0 Å². The fourth-order valence-corrected chi connectivity index (χ4v) is 7.22. The molecule has 7 atom stereocenters. The Hall–Kier alpha value is -6.33. The van der Waals surface area contributed by atoms with Gasteiger partial charge in [0.2, 0.25) is 41.4 Å². The lowest BCUT2D eigenvalue weighted by Gasteiger charge is -2.34. The Balaban J connectivity index is 3.82. The first-order chi connectivity index (χ1) is 34.5. The first kappa shape index (κ1) is 67.7. The number of primary amides is 1. The third-order valence-electron chi connectivity index (χ3n) is 10.6. The van der Waals surface area contributed by atoms with Gasteiger partial charge in [-0.25, -0.2) is 0 Å². The highest BCUT2D eigenvalue weighted by molar-refractivity contribution is 5.98. The van der Waals surface area contributed by atoms with Gasteiger partial charge in [-0.1, -0.05) is 58.9 Å². The van der Waals surface area contributed by atoms with Crippen LogP contribution in [0.15, 0.2) is 24.3 Å². The summed E-state index contributed by atoms with van der Waals surface area (Å²) in [5.74, 6) is -10.5. The van der Waals surface area contributed by atoms with Crippen molar-refractivity contribution >= 4 is 59.3 Å². The van der Waals surface area contributed by atoms with Crippen LogP contribution in [-0.2, 0) is 68.6 Å². The van der Waals surface area contributed by atoms with Gasteiger partial charge in [0.25, 0.3) is 0 Å². The van der Waals surface area contributed by atoms with Gasteiger partial charge >= 0.3 is 24.1 Å². The summed E-state index contributed by atoms with van der Waals surface area (Å²) in [6.45, 7) is 24.1. The number of halogens is 3. The number of aliphatic hydroxyl groups excluding tert-OH is 1. The summed E-state index contributed by atoms with van der Waals surface area (Å²) >= 11 is 0. The van der Waals surface area contributed by atoms with E-state index in [4.69, 9.17) is 19.9 Å². The summed E-state index contributed by atoms with van der Waals surface area (Å²) in [5.41, 5.74) is 2.25. The Morgan fingerprint density at radius 1 is 0.579 bits per heavy atom. The molecule has 0 aromatic heterocycles. The van der Waals surface area contributed by atoms with Gasteiger partial charge in [0.15, 0.2) is 6.10 Å². The number of ether oxygens (including phenoxy) is 3. The third kappa shape index (κ3) is 27.5. The van der Waals surface area contributed by atoms with Crippen LogP contribution in [-0.4, -0.2) is 130 Å². The van der Waals surface area contributed by atoms with E-state index in [0.29, 0.717) is 11.1 Å². The highest BCUT2D eigenvalue weighted by Crippen LogP contribution is 2.25. The van der Waals surface area contributed by atoms with Gasteiger partial charge in [-0.15, -0.1) is 0 Å². The van der Waals surface area contributed by atoms with Gasteiger partial charge in [0.1, 0.15) is 47.0 Å². The molecule has 0 aliphatic carbocycles. The maximum atomic E-state index is 14.6. The summed E-state index contributed by atoms with van der Waals surface area (Å²) in [6.07, 6.45) is -12.2. The molecule has 0 fully saturated rings. The maximum Gasteiger partial charge on any atom is 0.391 e. The predicted octanol–water partition coefficient (Wildman–Crippen LogP) is 3.31. The number of nitrogens with one attached hydrogen (secondary N) is 6. The molecule has 2 unspecified atom stereocenters. The highest BCUT2D eigenvalue weighted by Gasteiger charge is 2.42. The SMILES string of the molecule is Cc1ccccc1C[C@H](NC(=O)[C@H](CCC(=O)OC(C)(C)C)NC(=O)[C@H](CC(=O)OC(C)(C)C)NC(=O)CCC(=O)OC(C)(C)C)C(=O)N[C@H](C(=O)N[C@@H](CC(C)C)C(=O)NC(CC(F)(F)F)C(O)C(N)=O)C(C)(C)C. The van der Waals surface area contributed by atoms with Crippen LogP contribution in [0, 0.1) is 18.3 Å². The van der Waals surface area contributed by atoms with E-state index in [0.717, 1.165) is 0 Å². The van der Waals surface area contributed by atoms with Crippen molar-refractivity contribution in [2.24, 2.45) is 17.1 Å². The van der Waals surface area contributed by atoms with Crippen LogP contribution < -0.4 is 37.6 Å². The number of esters is 3. The summed E-state index contributed by atoms with van der Waals surface area (Å²) in [7, 11) is 0. The van der Waals surface area contributed by atoms with E-state index in [-0.39, 0.29) is 18.8 Å². The maximum absolute atomic E-state index is 14.6. The van der Waals surface area contributed by atoms with Crippen molar-refractivity contribution in [3.63, 3.8) is 0 Å². The molecule has 24 heteroatoms. The normalized spacial score (nSPS) is 15.0. The van der Waals surface area contributed by atoms with Gasteiger partial charge in [-0.3, -0.25) is 47.9 Å². The van der Waals surface area contributed by atoms with Crippen molar-refractivity contribution < 1.29 is 80.4 Å². The molecule has 430 valence electrons. The summed E-state index contributed by atoms with van der Waals surface area (Å²) < 4.78 is 56.6. The standard InChI is InChI=1S/C52H82F3N7O14/c1-28(2)24-32(44(70)61-35(27-52(53,54)55)40(67)42(56)68)60-47(73)41(48(4,5)6)62-46(72)33(25-30-19-17-16-18-29(30)3)59-43(69)31(20-22-37(64)74-49(7,8)9)58-45(71)34(26-39(66)76-51(13,14)15)57-36(63)21-23-38(65)75-50(10,11)12/h16-19,28,31-35,40-41,67H,20-27H2,1-15H3,(H2,56,68)(H,57,63)(H,58,71)(H,59,69)(H,60,73)(H,61,70)(H,62,72)/t31-,32-,33-,34-,35?,40?,41+/m0/s1. The number of aliphatic hydroxyl groups is 1. The molecule has 21 nitrogen and oxygen atoms in total. The zero-order valence-electron chi connectivity index (χ0n) is 46.6. The van der Waals surface area contributed by atoms with E-state index in [1.807, 2.05) is 5.32 Å². The summed E-state index contributed by atoms with van der Waals surface area (Å²) in [4.78, 5) is 135. The zero-order chi connectivity index (χ0) is 58.9. The third-order valence-corrected chi connectivity index (χ3v) is 10.6. The number of carbonyl (C=O) groups is 10. The zero-order valence-corrected chi connectivity index (χ0v) is 46.6. The van der Waals surface area contributed by atoms with Crippen molar-refractivity contribution in [1.82, 2.24) is 31.9 Å². The number of nitrogens with two attached hydrogens (primary N) is 1. The van der Waals surface area contributed by atoms with Gasteiger partial charge in [-0.05, 0) is 105 Å². The molecule has 0 radical (unpaired) electrons. The second kappa shape index (κ2) is 28.7. The molecule has 7 amide bonds. The lowest BCUT2D eigenvalue weighted by Crippen LogP contribution is -2.62. The first-order valence-corrected chi connectivity index (χ1v) is 25.0. The molecule has 0 heterocycles. The average Bonchev–Trinajstić information content (AvgIpc) is 3.22. The number of aryl methyl sites for hydroxylation is 1. The van der Waals surface area contributed by atoms with Gasteiger partial charge in [0.05, 0.1) is 25.3 Å². The molecule has 0 bridgehead atoms. The Labute approximate surface area is 443 Å². The Bertz CT molecular complexity index is 2210. The quantitative estimate of drug-likeness (QED) is 0.0488. The van der Waals surface area contributed by atoms with Crippen LogP contribution in [0.2, 0.25) is 0 Å². The lowest BCUT2D eigenvalue weighted by molar-refractivity contribution is -0.158. The van der Waals surface area contributed by atoms with E-state index in [2.05, 4.69) is 26.6 Å². The van der Waals surface area contributed by atoms with Crippen LogP contribution in [0.3, 0.4) is 0 Å². The highest BCUT2D eigenvalue weighted by atomic mass is 19.4. The Kier molecular flexibility index (Phi) is 25.6. The van der Waals surface area contributed by atoms with Crippen LogP contribution in [0.1, 0.15) is 153 Å². The molecule has 76 heavy (non-hydrogen) atoms. The van der Waals surface area contributed by atoms with Crippen LogP contribution in [0.4, 0.5) is 13.2 Å². The number of rotatable bonds is 26. The number of carbonyl (C=O) groups excluding carboxylic acids is 10. The van der Waals surface area contributed by atoms with E-state index >= 15 is 0 Å². The van der Waals surface area contributed by atoms with Crippen molar-refractivity contribution in [1.29, 1.82) is 0 Å². The number of hydrogen-bond donors (Lipinski definition) is 8. The molecule has 0 aliphatic rings. The molecule has 1 aromatic carbocycles. The van der Waals surface area contributed by atoms with Crippen molar-refractivity contribution in [3.05, 3.63) is 35.4 Å². The molecule has 0 spiro atoms. The number of hydrogen-bond acceptors (Lipinski definition) is 14. The van der Waals surface area contributed by atoms with Gasteiger partial charge in [0, 0.05) is 19.3 Å². The molecule has 1 aromatic rings. The minimum atomic E-state index is -4.96. The molecule has 0 saturated carbocycles. The molecule has 0 aliphatic heterocycles. The van der Waals surface area contributed by atoms with Gasteiger partial charge in [-0.2, -0.15) is 13.2 Å². The number of benzene rings is 1. The smallest absolute Gasteiger partial charge is 0.391 e. The number of alkyl halides is 3. The minimum Gasteiger partial charge on any atom is -0.460 e. The van der Waals surface area contributed by atoms with E-state index in [1.54, 1.807) is 128 Å². The van der Waals surface area contributed by atoms with Crippen molar-refractivity contribution in [3.8, 4) is 0 Å². The van der Waals surface area contributed by atoms with Crippen LogP contribution >= 0.6 is 0 Å². The van der Waals surface area contributed by atoms with Crippen LogP contribution in [0.5, 0.6) is 0 Å². The Morgan fingerprint density at radius 3 is 1.53 bits per heavy atom. The van der Waals surface area contributed by atoms with E-state index in [9.17, 15) is 66.2 Å². The molecular weight excluding hydrogens is 1000 g/mol. The summed E-state index contributed by atoms with van der Waals surface area (Å²) in [5, 5.41) is 24.8. The lowest BCUT2D eigenvalue weighted by atomic mass is 9.85. The molecule has 9 N–H and O–H groups in total. The topological polar surface area (TPSA) is 317 Å². The Morgan fingerprint density at radius 2 is 1.04 bits per heavy atom. The van der Waals surface area contributed by atoms with E-state index in [1.165, 1.54) is 0 Å². The largest absolute Gasteiger partial charge is 0.460 e. The average molecular weight is 1090 g/mol. The molecular formula is C52H82F3N7O14. The monoisotopic (exact) mass is 1090 g/mol. The second-order valence-corrected chi connectivity index (χ2v) is 23.2. The van der Waals surface area contributed by atoms with Crippen molar-refractivity contribution in [2.75, 3.05) is 0 Å². The van der Waals surface area contributed by atoms with E-state index < -0.39 is 169 Å². The predicted molar refractivity (Wildman–Crippen MR) is 272 cm³/mol. The second-order valence-electron chi connectivity index (χ2n) is 23.2. The molecule has 1 rings (SSSR count). The summed E-state index contributed by atoms with van der Waals surface area (Å²) in [6, 6.07) is -3.49. The van der Waals surface area contributed by atoms with Crippen molar-refractivity contribution in [2.45, 2.75) is 221 Å². The molecule has 0 saturated heterocycles. The minimum absolute atomic E-state index is 0.162. The fraction of sp³-hybridized carbons (Fsp3) is 0.692. The number of amides is 7. The fourth-order valence-electron chi connectivity index (χ4n) is 7.22.